The Hall–Kier alpha value is -1.96. The topological polar surface area (TPSA) is 116 Å². The number of hydrogen-bond donors (Lipinski definition) is 3. The van der Waals surface area contributed by atoms with Gasteiger partial charge in [0.05, 0.1) is 19.0 Å². The number of carboxylic acids is 1. The highest BCUT2D eigenvalue weighted by Gasteiger charge is 2.43. The number of imide groups is 1. The summed E-state index contributed by atoms with van der Waals surface area (Å²) in [6.45, 7) is -0.255. The van der Waals surface area contributed by atoms with Crippen LogP contribution < -0.4 is 10.6 Å². The van der Waals surface area contributed by atoms with E-state index < -0.39 is 29.9 Å². The van der Waals surface area contributed by atoms with Crippen LogP contribution in [0.25, 0.3) is 0 Å². The van der Waals surface area contributed by atoms with Crippen molar-refractivity contribution in [3.8, 4) is 0 Å². The van der Waals surface area contributed by atoms with Crippen LogP contribution in [0.5, 0.6) is 0 Å². The van der Waals surface area contributed by atoms with Crippen LogP contribution >= 0.6 is 0 Å². The zero-order chi connectivity index (χ0) is 12.6. The van der Waals surface area contributed by atoms with Crippen molar-refractivity contribution in [2.75, 3.05) is 13.1 Å². The van der Waals surface area contributed by atoms with E-state index in [4.69, 9.17) is 5.11 Å². The van der Waals surface area contributed by atoms with Gasteiger partial charge in [-0.15, -0.1) is 0 Å². The number of carbonyl (C=O) groups excluding carboxylic acids is 3. The molecule has 3 amide bonds. The monoisotopic (exact) mass is 241 g/mol. The maximum Gasteiger partial charge on any atom is 0.322 e. The Morgan fingerprint density at radius 3 is 2.53 bits per heavy atom. The lowest BCUT2D eigenvalue weighted by Gasteiger charge is -2.35. The summed E-state index contributed by atoms with van der Waals surface area (Å²) in [6, 6.07) is -1.84. The molecule has 0 aromatic carbocycles. The smallest absolute Gasteiger partial charge is 0.322 e. The van der Waals surface area contributed by atoms with Gasteiger partial charge in [-0.1, -0.05) is 0 Å². The van der Waals surface area contributed by atoms with Gasteiger partial charge in [0.2, 0.25) is 17.7 Å². The summed E-state index contributed by atoms with van der Waals surface area (Å²) in [5, 5.41) is 13.5. The van der Waals surface area contributed by atoms with Gasteiger partial charge in [-0.2, -0.15) is 0 Å². The Morgan fingerprint density at radius 2 is 2.00 bits per heavy atom. The molecule has 17 heavy (non-hydrogen) atoms. The molecule has 0 aromatic rings. The molecule has 2 atom stereocenters. The quantitative estimate of drug-likeness (QED) is 0.452. The van der Waals surface area contributed by atoms with Crippen molar-refractivity contribution >= 4 is 23.7 Å². The second-order valence-electron chi connectivity index (χ2n) is 3.96. The zero-order valence-electron chi connectivity index (χ0n) is 8.80. The van der Waals surface area contributed by atoms with Gasteiger partial charge in [-0.05, 0) is 0 Å². The number of carboxylic acid groups (broad SMARTS) is 1. The molecule has 3 N–H and O–H groups in total. The van der Waals surface area contributed by atoms with Crippen molar-refractivity contribution in [1.29, 1.82) is 0 Å². The zero-order valence-corrected chi connectivity index (χ0v) is 8.80. The number of amides is 3. The standard InChI is InChI=1S/C9H11N3O5/c13-6-1-4(8(15)11-6)12-3-7(14)10-2-5(12)9(16)17/h4-5H,1-3H2,(H,10,14)(H,16,17)(H,11,13,15). The highest BCUT2D eigenvalue weighted by molar-refractivity contribution is 6.06. The van der Waals surface area contributed by atoms with Crippen molar-refractivity contribution in [3.63, 3.8) is 0 Å². The van der Waals surface area contributed by atoms with Gasteiger partial charge in [-0.3, -0.25) is 29.4 Å². The van der Waals surface area contributed by atoms with Crippen LogP contribution in [0, 0.1) is 0 Å². The minimum absolute atomic E-state index is 0.0634. The van der Waals surface area contributed by atoms with E-state index >= 15 is 0 Å². The van der Waals surface area contributed by atoms with Gasteiger partial charge >= 0.3 is 5.97 Å². The Morgan fingerprint density at radius 1 is 1.29 bits per heavy atom. The fourth-order valence-electron chi connectivity index (χ4n) is 2.02. The van der Waals surface area contributed by atoms with Crippen molar-refractivity contribution in [2.45, 2.75) is 18.5 Å². The van der Waals surface area contributed by atoms with Gasteiger partial charge in [0.15, 0.2) is 0 Å². The predicted molar refractivity (Wildman–Crippen MR) is 52.7 cm³/mol. The maximum atomic E-state index is 11.5. The summed E-state index contributed by atoms with van der Waals surface area (Å²) < 4.78 is 0. The van der Waals surface area contributed by atoms with Gasteiger partial charge in [0, 0.05) is 6.54 Å². The number of nitrogens with one attached hydrogen (secondary N) is 2. The normalized spacial score (nSPS) is 30.0. The summed E-state index contributed by atoms with van der Waals surface area (Å²) in [6.07, 6.45) is -0.101. The Bertz CT molecular complexity index is 407. The summed E-state index contributed by atoms with van der Waals surface area (Å²) in [5.74, 6) is -2.47. The van der Waals surface area contributed by atoms with Crippen LogP contribution in [0.4, 0.5) is 0 Å². The molecule has 92 valence electrons. The Kier molecular flexibility index (Phi) is 2.80. The number of aliphatic carboxylic acids is 1. The minimum Gasteiger partial charge on any atom is -0.480 e. The fraction of sp³-hybridized carbons (Fsp3) is 0.556. The van der Waals surface area contributed by atoms with E-state index in [0.29, 0.717) is 0 Å². The molecule has 2 fully saturated rings. The van der Waals surface area contributed by atoms with Gasteiger partial charge in [0.25, 0.3) is 0 Å². The number of piperazine rings is 1. The van der Waals surface area contributed by atoms with Crippen molar-refractivity contribution in [3.05, 3.63) is 0 Å². The van der Waals surface area contributed by atoms with Crippen LogP contribution in [0.3, 0.4) is 0 Å². The van der Waals surface area contributed by atoms with E-state index in [9.17, 15) is 19.2 Å². The van der Waals surface area contributed by atoms with E-state index in [1.807, 2.05) is 0 Å². The molecule has 0 saturated carbocycles. The number of nitrogens with zero attached hydrogens (tertiary/aromatic N) is 1. The summed E-state index contributed by atoms with van der Waals surface area (Å²) in [7, 11) is 0. The molecule has 2 unspecified atom stereocenters. The first-order chi connectivity index (χ1) is 7.99. The van der Waals surface area contributed by atoms with Crippen LogP contribution in [0.15, 0.2) is 0 Å². The van der Waals surface area contributed by atoms with E-state index in [2.05, 4.69) is 10.6 Å². The molecule has 2 saturated heterocycles. The van der Waals surface area contributed by atoms with Crippen molar-refractivity contribution in [1.82, 2.24) is 15.5 Å². The SMILES string of the molecule is O=C1CN(C2CC(=O)NC2=O)C(C(=O)O)CN1. The van der Waals surface area contributed by atoms with Gasteiger partial charge < -0.3 is 10.4 Å². The largest absolute Gasteiger partial charge is 0.480 e. The molecular formula is C9H11N3O5. The first kappa shape index (κ1) is 11.5. The molecule has 0 aromatic heterocycles. The molecule has 2 rings (SSSR count). The highest BCUT2D eigenvalue weighted by Crippen LogP contribution is 2.16. The second-order valence-corrected chi connectivity index (χ2v) is 3.96. The lowest BCUT2D eigenvalue weighted by molar-refractivity contribution is -0.148. The first-order valence-corrected chi connectivity index (χ1v) is 5.08. The maximum absolute atomic E-state index is 11.5. The van der Waals surface area contributed by atoms with Gasteiger partial charge in [-0.25, -0.2) is 0 Å². The van der Waals surface area contributed by atoms with E-state index in [-0.39, 0.29) is 25.4 Å². The summed E-state index contributed by atoms with van der Waals surface area (Å²) >= 11 is 0. The predicted octanol–water partition coefficient (Wildman–Crippen LogP) is -2.71. The lowest BCUT2D eigenvalue weighted by atomic mass is 10.1. The molecule has 2 heterocycles. The van der Waals surface area contributed by atoms with Crippen molar-refractivity contribution in [2.24, 2.45) is 0 Å². The van der Waals surface area contributed by atoms with E-state index in [0.717, 1.165) is 0 Å². The molecule has 2 aliphatic heterocycles. The third-order valence-electron chi connectivity index (χ3n) is 2.85. The molecule has 0 bridgehead atoms. The van der Waals surface area contributed by atoms with E-state index in [1.54, 1.807) is 0 Å². The first-order valence-electron chi connectivity index (χ1n) is 5.08. The summed E-state index contributed by atoms with van der Waals surface area (Å²) in [5.41, 5.74) is 0. The molecule has 0 radical (unpaired) electrons. The summed E-state index contributed by atoms with van der Waals surface area (Å²) in [4.78, 5) is 46.0. The number of rotatable bonds is 2. The number of carbonyl (C=O) groups is 4. The number of hydrogen-bond acceptors (Lipinski definition) is 5. The van der Waals surface area contributed by atoms with Crippen LogP contribution in [0.1, 0.15) is 6.42 Å². The molecular weight excluding hydrogens is 230 g/mol. The fourth-order valence-corrected chi connectivity index (χ4v) is 2.02. The van der Waals surface area contributed by atoms with E-state index in [1.165, 1.54) is 4.90 Å². The Labute approximate surface area is 95.9 Å². The molecule has 0 spiro atoms. The molecule has 8 nitrogen and oxygen atoms in total. The van der Waals surface area contributed by atoms with Crippen LogP contribution in [-0.2, 0) is 19.2 Å². The van der Waals surface area contributed by atoms with Crippen LogP contribution in [-0.4, -0.2) is 58.9 Å². The van der Waals surface area contributed by atoms with Crippen molar-refractivity contribution < 1.29 is 24.3 Å². The Balaban J connectivity index is 2.20. The second kappa shape index (κ2) is 4.13. The average Bonchev–Trinajstić information content (AvgIpc) is 2.57. The average molecular weight is 241 g/mol. The molecule has 8 heteroatoms. The third kappa shape index (κ3) is 2.11. The van der Waals surface area contributed by atoms with Gasteiger partial charge in [0.1, 0.15) is 6.04 Å². The minimum atomic E-state index is -1.13. The molecule has 0 aliphatic carbocycles. The lowest BCUT2D eigenvalue weighted by Crippen LogP contribution is -2.61. The highest BCUT2D eigenvalue weighted by atomic mass is 16.4. The third-order valence-corrected chi connectivity index (χ3v) is 2.85. The van der Waals surface area contributed by atoms with Crippen LogP contribution in [0.2, 0.25) is 0 Å². The molecule has 2 aliphatic rings.